The van der Waals surface area contributed by atoms with Crippen molar-refractivity contribution in [2.45, 2.75) is 25.7 Å². The molecule has 0 spiro atoms. The number of aromatic nitrogens is 2. The summed E-state index contributed by atoms with van der Waals surface area (Å²) in [7, 11) is 7.80. The Morgan fingerprint density at radius 2 is 0.867 bits per heavy atom. The lowest BCUT2D eigenvalue weighted by Gasteiger charge is -2.40. The van der Waals surface area contributed by atoms with E-state index in [2.05, 4.69) is 141 Å². The standard InChI is InChI=1S/C50H56N6O2.2ClH/c1-53-45-15-11-39(57-3)31-43(45)49-41-29-37(9-5-35(41)7-13-47(49)53)51-21-27-55-23-17-33(18-24-55)34-19-25-56(26-20-34)28-22-52-38-10-6-36-8-14-48-50(42(36)30-38)44-32-40(58-4)12-16-46(44)54(48)2;;/h5-16,29-34,51-52H,17-28H2,1-4H3;2*1H. The van der Waals surface area contributed by atoms with Crippen molar-refractivity contribution in [1.29, 1.82) is 0 Å². The van der Waals surface area contributed by atoms with Crippen LogP contribution >= 0.6 is 24.8 Å². The molecule has 314 valence electrons. The highest BCUT2D eigenvalue weighted by Crippen LogP contribution is 2.39. The smallest absolute Gasteiger partial charge is 0.119 e. The summed E-state index contributed by atoms with van der Waals surface area (Å²) in [4.78, 5) is 5.35. The first-order valence-corrected chi connectivity index (χ1v) is 21.4. The second kappa shape index (κ2) is 17.6. The third-order valence-electron chi connectivity index (χ3n) is 13.8. The predicted octanol–water partition coefficient (Wildman–Crippen LogP) is 11.1. The van der Waals surface area contributed by atoms with E-state index in [1.807, 2.05) is 0 Å². The molecule has 0 aliphatic carbocycles. The van der Waals surface area contributed by atoms with Gasteiger partial charge in [-0.25, -0.2) is 0 Å². The van der Waals surface area contributed by atoms with Crippen molar-refractivity contribution < 1.29 is 9.47 Å². The number of halogens is 2. The zero-order valence-corrected chi connectivity index (χ0v) is 36.9. The fraction of sp³-hybridized carbons (Fsp3) is 0.360. The summed E-state index contributed by atoms with van der Waals surface area (Å²) in [6.07, 6.45) is 5.35. The van der Waals surface area contributed by atoms with E-state index in [0.717, 1.165) is 49.5 Å². The van der Waals surface area contributed by atoms with Crippen molar-refractivity contribution in [1.82, 2.24) is 18.9 Å². The zero-order chi connectivity index (χ0) is 39.3. The van der Waals surface area contributed by atoms with Crippen LogP contribution in [0.4, 0.5) is 11.4 Å². The van der Waals surface area contributed by atoms with Crippen LogP contribution in [0.2, 0.25) is 0 Å². The normalized spacial score (nSPS) is 15.9. The minimum absolute atomic E-state index is 0. The highest BCUT2D eigenvalue weighted by atomic mass is 35.5. The van der Waals surface area contributed by atoms with Crippen LogP contribution in [0, 0.1) is 11.8 Å². The molecule has 10 heteroatoms. The number of hydrogen-bond donors (Lipinski definition) is 2. The Kier molecular flexibility index (Phi) is 12.3. The highest BCUT2D eigenvalue weighted by molar-refractivity contribution is 6.22. The average molecular weight is 846 g/mol. The van der Waals surface area contributed by atoms with Gasteiger partial charge in [-0.2, -0.15) is 0 Å². The van der Waals surface area contributed by atoms with Gasteiger partial charge in [-0.1, -0.05) is 24.3 Å². The number of fused-ring (bicyclic) bond motifs is 10. The number of methoxy groups -OCH3 is 2. The van der Waals surface area contributed by atoms with Crippen molar-refractivity contribution in [2.75, 3.05) is 77.2 Å². The van der Waals surface area contributed by atoms with E-state index < -0.39 is 0 Å². The van der Waals surface area contributed by atoms with E-state index >= 15 is 0 Å². The van der Waals surface area contributed by atoms with Gasteiger partial charge < -0.3 is 39.0 Å². The van der Waals surface area contributed by atoms with Crippen LogP contribution in [0.5, 0.6) is 11.5 Å². The molecule has 60 heavy (non-hydrogen) atoms. The Labute approximate surface area is 365 Å². The fourth-order valence-corrected chi connectivity index (χ4v) is 10.5. The number of nitrogens with one attached hydrogen (secondary N) is 2. The summed E-state index contributed by atoms with van der Waals surface area (Å²) in [5, 5.41) is 17.7. The first-order valence-electron chi connectivity index (χ1n) is 21.4. The molecule has 0 amide bonds. The van der Waals surface area contributed by atoms with Crippen molar-refractivity contribution in [3.05, 3.63) is 97.1 Å². The van der Waals surface area contributed by atoms with Gasteiger partial charge in [-0.05, 0) is 158 Å². The second-order valence-corrected chi connectivity index (χ2v) is 16.9. The molecule has 6 aromatic carbocycles. The van der Waals surface area contributed by atoms with Gasteiger partial charge in [0.25, 0.3) is 0 Å². The minimum atomic E-state index is 0. The highest BCUT2D eigenvalue weighted by Gasteiger charge is 2.29. The lowest BCUT2D eigenvalue weighted by molar-refractivity contribution is 0.0996. The molecule has 10 rings (SSSR count). The minimum Gasteiger partial charge on any atom is -0.497 e. The molecular formula is C50H58Cl2N6O2. The predicted molar refractivity (Wildman–Crippen MR) is 259 cm³/mol. The van der Waals surface area contributed by atoms with Gasteiger partial charge in [0, 0.05) is 95.3 Å². The first-order chi connectivity index (χ1) is 28.4. The molecule has 8 nitrogen and oxygen atoms in total. The van der Waals surface area contributed by atoms with Gasteiger partial charge in [0.1, 0.15) is 11.5 Å². The first kappa shape index (κ1) is 41.9. The third-order valence-corrected chi connectivity index (χ3v) is 13.8. The average Bonchev–Trinajstić information content (AvgIpc) is 3.73. The number of benzene rings is 6. The van der Waals surface area contributed by atoms with Gasteiger partial charge in [0.15, 0.2) is 0 Å². The molecular weight excluding hydrogens is 787 g/mol. The zero-order valence-electron chi connectivity index (χ0n) is 35.3. The molecule has 0 unspecified atom stereocenters. The summed E-state index contributed by atoms with van der Waals surface area (Å²) in [5.74, 6) is 3.53. The van der Waals surface area contributed by atoms with E-state index in [0.29, 0.717) is 0 Å². The lowest BCUT2D eigenvalue weighted by atomic mass is 9.79. The van der Waals surface area contributed by atoms with Crippen LogP contribution in [-0.2, 0) is 14.1 Å². The molecule has 4 heterocycles. The number of hydrogen-bond acceptors (Lipinski definition) is 6. The Balaban J connectivity index is 0.00000249. The Bertz CT molecular complexity index is 2610. The maximum absolute atomic E-state index is 5.60. The van der Waals surface area contributed by atoms with E-state index in [4.69, 9.17) is 9.47 Å². The largest absolute Gasteiger partial charge is 0.497 e. The summed E-state index contributed by atoms with van der Waals surface area (Å²) in [6.45, 7) is 8.98. The quantitative estimate of drug-likeness (QED) is 0.135. The molecule has 0 saturated carbocycles. The molecule has 0 atom stereocenters. The molecule has 0 bridgehead atoms. The second-order valence-electron chi connectivity index (χ2n) is 16.9. The molecule has 0 radical (unpaired) electrons. The molecule has 8 aromatic rings. The van der Waals surface area contributed by atoms with Crippen LogP contribution in [0.1, 0.15) is 25.7 Å². The van der Waals surface area contributed by atoms with Crippen molar-refractivity contribution in [2.24, 2.45) is 25.9 Å². The summed E-state index contributed by atoms with van der Waals surface area (Å²) in [6, 6.07) is 35.5. The fourth-order valence-electron chi connectivity index (χ4n) is 10.5. The Morgan fingerprint density at radius 1 is 0.483 bits per heavy atom. The number of likely N-dealkylation sites (tertiary alicyclic amines) is 2. The van der Waals surface area contributed by atoms with Gasteiger partial charge in [-0.3, -0.25) is 0 Å². The van der Waals surface area contributed by atoms with Gasteiger partial charge in [0.2, 0.25) is 0 Å². The maximum atomic E-state index is 5.60. The van der Waals surface area contributed by atoms with E-state index in [1.165, 1.54) is 128 Å². The summed E-state index contributed by atoms with van der Waals surface area (Å²) < 4.78 is 15.8. The SMILES string of the molecule is COc1ccc2c(c1)c1c3cc(NCCN4CCC(C5CCN(CCNc6ccc7ccc8c(c7c6)c6cc(OC)ccc6n8C)CC5)CC4)ccc3ccc1n2C.Cl.Cl. The van der Waals surface area contributed by atoms with E-state index in [-0.39, 0.29) is 24.8 Å². The molecule has 2 aliphatic heterocycles. The van der Waals surface area contributed by atoms with Crippen molar-refractivity contribution in [3.63, 3.8) is 0 Å². The molecule has 2 aromatic heterocycles. The third kappa shape index (κ3) is 7.68. The monoisotopic (exact) mass is 844 g/mol. The molecule has 2 fully saturated rings. The van der Waals surface area contributed by atoms with E-state index in [9.17, 15) is 0 Å². The van der Waals surface area contributed by atoms with Gasteiger partial charge >= 0.3 is 0 Å². The summed E-state index contributed by atoms with van der Waals surface area (Å²) in [5.41, 5.74) is 7.34. The number of aryl methyl sites for hydroxylation is 2. The summed E-state index contributed by atoms with van der Waals surface area (Å²) >= 11 is 0. The molecule has 2 N–H and O–H groups in total. The van der Waals surface area contributed by atoms with Crippen LogP contribution < -0.4 is 20.1 Å². The number of piperidine rings is 2. The number of anilines is 2. The van der Waals surface area contributed by atoms with Gasteiger partial charge in [-0.15, -0.1) is 24.8 Å². The number of ether oxygens (including phenoxy) is 2. The van der Waals surface area contributed by atoms with Crippen LogP contribution in [-0.4, -0.2) is 85.5 Å². The Hall–Kier alpha value is -4.86. The lowest BCUT2D eigenvalue weighted by Crippen LogP contribution is -2.42. The van der Waals surface area contributed by atoms with Gasteiger partial charge in [0.05, 0.1) is 14.2 Å². The van der Waals surface area contributed by atoms with Crippen molar-refractivity contribution in [3.8, 4) is 11.5 Å². The molecule has 2 aliphatic rings. The topological polar surface area (TPSA) is 58.9 Å². The number of nitrogens with zero attached hydrogens (tertiary/aromatic N) is 4. The van der Waals surface area contributed by atoms with Crippen molar-refractivity contribution >= 4 is 101 Å². The van der Waals surface area contributed by atoms with Crippen LogP contribution in [0.25, 0.3) is 65.2 Å². The molecule has 2 saturated heterocycles. The van der Waals surface area contributed by atoms with Crippen LogP contribution in [0.15, 0.2) is 97.1 Å². The Morgan fingerprint density at radius 3 is 1.27 bits per heavy atom. The number of rotatable bonds is 11. The van der Waals surface area contributed by atoms with E-state index in [1.54, 1.807) is 14.2 Å². The maximum Gasteiger partial charge on any atom is 0.119 e. The van der Waals surface area contributed by atoms with Crippen LogP contribution in [0.3, 0.4) is 0 Å².